The zero-order valence-electron chi connectivity index (χ0n) is 16.4. The van der Waals surface area contributed by atoms with Crippen molar-refractivity contribution >= 4 is 28.3 Å². The quantitative estimate of drug-likeness (QED) is 0.603. The van der Waals surface area contributed by atoms with Crippen LogP contribution in [0.1, 0.15) is 18.2 Å². The van der Waals surface area contributed by atoms with Crippen LogP contribution < -0.4 is 10.9 Å². The molecular formula is C21H18F3N3O4. The molecule has 0 aliphatic carbocycles. The first kappa shape index (κ1) is 22.0. The van der Waals surface area contributed by atoms with Crippen molar-refractivity contribution < 1.29 is 27.5 Å². The summed E-state index contributed by atoms with van der Waals surface area (Å²) in [5.74, 6) is -1.19. The van der Waals surface area contributed by atoms with Crippen LogP contribution in [0, 0.1) is 0 Å². The molecule has 1 amide bonds. The van der Waals surface area contributed by atoms with E-state index in [0.29, 0.717) is 5.39 Å². The first-order valence-corrected chi connectivity index (χ1v) is 9.30. The van der Waals surface area contributed by atoms with Crippen molar-refractivity contribution in [3.8, 4) is 0 Å². The number of rotatable bonds is 6. The summed E-state index contributed by atoms with van der Waals surface area (Å²) in [6.45, 7) is 1.36. The van der Waals surface area contributed by atoms with E-state index in [1.807, 2.05) is 0 Å². The third-order valence-corrected chi connectivity index (χ3v) is 4.35. The largest absolute Gasteiger partial charge is 0.466 e. The third kappa shape index (κ3) is 5.27. The maximum absolute atomic E-state index is 12.7. The highest BCUT2D eigenvalue weighted by Crippen LogP contribution is 2.29. The van der Waals surface area contributed by atoms with Gasteiger partial charge in [0.05, 0.1) is 29.7 Å². The van der Waals surface area contributed by atoms with E-state index in [1.54, 1.807) is 31.2 Å². The van der Waals surface area contributed by atoms with E-state index in [1.165, 1.54) is 0 Å². The molecule has 0 aliphatic rings. The Morgan fingerprint density at radius 3 is 2.32 bits per heavy atom. The zero-order chi connectivity index (χ0) is 22.6. The monoisotopic (exact) mass is 433 g/mol. The van der Waals surface area contributed by atoms with Gasteiger partial charge in [-0.25, -0.2) is 4.68 Å². The van der Waals surface area contributed by atoms with Crippen molar-refractivity contribution in [1.29, 1.82) is 0 Å². The lowest BCUT2D eigenvalue weighted by atomic mass is 10.1. The van der Waals surface area contributed by atoms with Crippen molar-refractivity contribution in [2.45, 2.75) is 26.1 Å². The molecule has 0 aliphatic heterocycles. The van der Waals surface area contributed by atoms with Crippen LogP contribution in [0.5, 0.6) is 0 Å². The average Bonchev–Trinajstić information content (AvgIpc) is 2.71. The van der Waals surface area contributed by atoms with Crippen molar-refractivity contribution in [3.05, 3.63) is 70.1 Å². The van der Waals surface area contributed by atoms with E-state index in [4.69, 9.17) is 4.74 Å². The van der Waals surface area contributed by atoms with Gasteiger partial charge >= 0.3 is 12.1 Å². The Labute approximate surface area is 174 Å². The van der Waals surface area contributed by atoms with Crippen LogP contribution in [-0.2, 0) is 33.5 Å². The number of alkyl halides is 3. The van der Waals surface area contributed by atoms with Crippen molar-refractivity contribution in [2.24, 2.45) is 0 Å². The van der Waals surface area contributed by atoms with Crippen LogP contribution >= 0.6 is 0 Å². The minimum Gasteiger partial charge on any atom is -0.466 e. The Morgan fingerprint density at radius 1 is 1.06 bits per heavy atom. The summed E-state index contributed by atoms with van der Waals surface area (Å²) in [4.78, 5) is 37.0. The van der Waals surface area contributed by atoms with Gasteiger partial charge in [-0.1, -0.05) is 18.2 Å². The molecule has 3 rings (SSSR count). The van der Waals surface area contributed by atoms with Gasteiger partial charge in [-0.15, -0.1) is 0 Å². The molecule has 0 bridgehead atoms. The highest BCUT2D eigenvalue weighted by Gasteiger charge is 2.30. The molecule has 0 radical (unpaired) electrons. The summed E-state index contributed by atoms with van der Waals surface area (Å²) in [6, 6.07) is 10.4. The average molecular weight is 433 g/mol. The fraction of sp³-hybridized carbons (Fsp3) is 0.238. The topological polar surface area (TPSA) is 90.3 Å². The number of esters is 1. The molecule has 0 unspecified atom stereocenters. The maximum Gasteiger partial charge on any atom is 0.416 e. The van der Waals surface area contributed by atoms with Gasteiger partial charge in [0.1, 0.15) is 6.54 Å². The number of carbonyl (C=O) groups excluding carboxylic acids is 2. The van der Waals surface area contributed by atoms with Crippen LogP contribution in [0.2, 0.25) is 0 Å². The number of amides is 1. The standard InChI is InChI=1S/C21H18F3N3O4/c1-2-31-19(29)11-17-15-5-3-4-6-16(15)20(30)27(26-17)12-18(28)25-14-9-7-13(8-10-14)21(22,23)24/h3-10H,2,11-12H2,1H3,(H,25,28). The van der Waals surface area contributed by atoms with Gasteiger partial charge in [0.25, 0.3) is 5.56 Å². The van der Waals surface area contributed by atoms with Gasteiger partial charge in [0.15, 0.2) is 0 Å². The van der Waals surface area contributed by atoms with Crippen LogP contribution in [-0.4, -0.2) is 28.3 Å². The third-order valence-electron chi connectivity index (χ3n) is 4.35. The van der Waals surface area contributed by atoms with Gasteiger partial charge in [-0.3, -0.25) is 14.4 Å². The molecule has 1 aromatic heterocycles. The first-order valence-electron chi connectivity index (χ1n) is 9.30. The Hall–Kier alpha value is -3.69. The number of nitrogens with one attached hydrogen (secondary N) is 1. The molecule has 0 fully saturated rings. The summed E-state index contributed by atoms with van der Waals surface area (Å²) in [5.41, 5.74) is -0.970. The summed E-state index contributed by atoms with van der Waals surface area (Å²) in [6.07, 6.45) is -4.67. The van der Waals surface area contributed by atoms with Crippen molar-refractivity contribution in [1.82, 2.24) is 9.78 Å². The van der Waals surface area contributed by atoms with Gasteiger partial charge in [0.2, 0.25) is 5.91 Å². The molecule has 0 saturated heterocycles. The second-order valence-corrected chi connectivity index (χ2v) is 6.56. The number of nitrogens with zero attached hydrogens (tertiary/aromatic N) is 2. The van der Waals surface area contributed by atoms with Gasteiger partial charge in [-0.05, 0) is 37.3 Å². The van der Waals surface area contributed by atoms with Crippen LogP contribution in [0.3, 0.4) is 0 Å². The number of ether oxygens (including phenoxy) is 1. The Morgan fingerprint density at radius 2 is 1.71 bits per heavy atom. The first-order chi connectivity index (χ1) is 14.7. The molecular weight excluding hydrogens is 415 g/mol. The number of carbonyl (C=O) groups is 2. The molecule has 1 N–H and O–H groups in total. The number of hydrogen-bond donors (Lipinski definition) is 1. The van der Waals surface area contributed by atoms with Crippen LogP contribution in [0.4, 0.5) is 18.9 Å². The van der Waals surface area contributed by atoms with Gasteiger partial charge in [-0.2, -0.15) is 18.3 Å². The zero-order valence-corrected chi connectivity index (χ0v) is 16.4. The van der Waals surface area contributed by atoms with Crippen LogP contribution in [0.15, 0.2) is 53.3 Å². The van der Waals surface area contributed by atoms with E-state index in [-0.39, 0.29) is 29.8 Å². The Bertz CT molecular complexity index is 1170. The molecule has 162 valence electrons. The molecule has 0 spiro atoms. The summed E-state index contributed by atoms with van der Waals surface area (Å²) < 4.78 is 43.8. The molecule has 7 nitrogen and oxygen atoms in total. The van der Waals surface area contributed by atoms with Crippen LogP contribution in [0.25, 0.3) is 10.8 Å². The molecule has 0 atom stereocenters. The lowest BCUT2D eigenvalue weighted by Gasteiger charge is -2.12. The van der Waals surface area contributed by atoms with E-state index in [0.717, 1.165) is 28.9 Å². The molecule has 10 heteroatoms. The molecule has 1 heterocycles. The number of hydrogen-bond acceptors (Lipinski definition) is 5. The predicted octanol–water partition coefficient (Wildman–Crippen LogP) is 3.16. The van der Waals surface area contributed by atoms with Gasteiger partial charge < -0.3 is 10.1 Å². The number of benzene rings is 2. The summed E-state index contributed by atoms with van der Waals surface area (Å²) in [7, 11) is 0. The predicted molar refractivity (Wildman–Crippen MR) is 106 cm³/mol. The number of fused-ring (bicyclic) bond motifs is 1. The minimum atomic E-state index is -4.49. The second-order valence-electron chi connectivity index (χ2n) is 6.56. The molecule has 2 aromatic carbocycles. The minimum absolute atomic E-state index is 0.138. The highest BCUT2D eigenvalue weighted by atomic mass is 19.4. The van der Waals surface area contributed by atoms with Gasteiger partial charge in [0, 0.05) is 11.1 Å². The number of aromatic nitrogens is 2. The normalized spacial score (nSPS) is 11.4. The lowest BCUT2D eigenvalue weighted by Crippen LogP contribution is -2.31. The van der Waals surface area contributed by atoms with E-state index in [9.17, 15) is 27.6 Å². The summed E-state index contributed by atoms with van der Waals surface area (Å²) in [5, 5.41) is 7.32. The SMILES string of the molecule is CCOC(=O)Cc1nn(CC(=O)Nc2ccc(C(F)(F)F)cc2)c(=O)c2ccccc12. The molecule has 31 heavy (non-hydrogen) atoms. The van der Waals surface area contributed by atoms with E-state index in [2.05, 4.69) is 10.4 Å². The molecule has 0 saturated carbocycles. The Balaban J connectivity index is 1.85. The highest BCUT2D eigenvalue weighted by molar-refractivity contribution is 5.91. The summed E-state index contributed by atoms with van der Waals surface area (Å²) >= 11 is 0. The Kier molecular flexibility index (Phi) is 6.38. The van der Waals surface area contributed by atoms with E-state index >= 15 is 0 Å². The molecule has 3 aromatic rings. The number of halogens is 3. The second kappa shape index (κ2) is 8.99. The lowest BCUT2D eigenvalue weighted by molar-refractivity contribution is -0.142. The number of anilines is 1. The maximum atomic E-state index is 12.7. The van der Waals surface area contributed by atoms with Crippen molar-refractivity contribution in [2.75, 3.05) is 11.9 Å². The fourth-order valence-electron chi connectivity index (χ4n) is 2.97. The smallest absolute Gasteiger partial charge is 0.416 e. The fourth-order valence-corrected chi connectivity index (χ4v) is 2.97. The van der Waals surface area contributed by atoms with E-state index < -0.39 is 35.7 Å². The van der Waals surface area contributed by atoms with Crippen molar-refractivity contribution in [3.63, 3.8) is 0 Å².